The minimum absolute atomic E-state index is 0.197. The van der Waals surface area contributed by atoms with Gasteiger partial charge in [0.2, 0.25) is 10.0 Å². The number of piperazine rings is 1. The Morgan fingerprint density at radius 1 is 1.05 bits per heavy atom. The molecular weight excluding hydrogens is 518 g/mol. The number of likely N-dealkylation sites (N-methyl/N-ethyl adjacent to an activating group) is 1. The van der Waals surface area contributed by atoms with E-state index in [9.17, 15) is 13.2 Å². The van der Waals surface area contributed by atoms with Crippen LogP contribution in [0, 0.1) is 0 Å². The minimum atomic E-state index is -3.52. The number of para-hydroxylation sites is 1. The molecule has 1 aromatic heterocycles. The summed E-state index contributed by atoms with van der Waals surface area (Å²) in [5.41, 5.74) is 3.11. The van der Waals surface area contributed by atoms with Crippen LogP contribution in [0.25, 0.3) is 0 Å². The number of ether oxygens (including phenoxy) is 2. The second-order valence-corrected chi connectivity index (χ2v) is 12.1. The number of carbonyl (C=O) groups excluding carboxylic acids is 1. The summed E-state index contributed by atoms with van der Waals surface area (Å²) in [6.45, 7) is 2.93. The molecule has 3 aromatic rings. The lowest BCUT2D eigenvalue weighted by Crippen LogP contribution is -2.46. The van der Waals surface area contributed by atoms with E-state index in [0.29, 0.717) is 36.2 Å². The minimum Gasteiger partial charge on any atom is -0.493 e. The highest BCUT2D eigenvalue weighted by Crippen LogP contribution is 2.39. The maximum Gasteiger partial charge on any atom is 0.269 e. The number of rotatable bonds is 10. The Kier molecular flexibility index (Phi) is 7.92. The fourth-order valence-electron chi connectivity index (χ4n) is 4.69. The van der Waals surface area contributed by atoms with Gasteiger partial charge in [0, 0.05) is 51.3 Å². The van der Waals surface area contributed by atoms with Crippen LogP contribution < -0.4 is 14.8 Å². The summed E-state index contributed by atoms with van der Waals surface area (Å²) in [6, 6.07) is 14.2. The number of carbonyl (C=O) groups is 1. The Balaban J connectivity index is 1.21. The molecule has 1 saturated heterocycles. The molecule has 2 heterocycles. The van der Waals surface area contributed by atoms with Gasteiger partial charge < -0.3 is 19.7 Å². The van der Waals surface area contributed by atoms with E-state index >= 15 is 0 Å². The quantitative estimate of drug-likeness (QED) is 0.412. The molecule has 1 saturated carbocycles. The lowest BCUT2D eigenvalue weighted by Gasteiger charge is -2.31. The van der Waals surface area contributed by atoms with Gasteiger partial charge in [0.1, 0.15) is 12.3 Å². The van der Waals surface area contributed by atoms with E-state index < -0.39 is 10.0 Å². The van der Waals surface area contributed by atoms with Crippen LogP contribution in [0.3, 0.4) is 0 Å². The highest BCUT2D eigenvalue weighted by atomic mass is 32.2. The van der Waals surface area contributed by atoms with Crippen molar-refractivity contribution in [2.75, 3.05) is 40.3 Å². The first-order valence-corrected chi connectivity index (χ1v) is 14.6. The van der Waals surface area contributed by atoms with Crippen molar-refractivity contribution in [1.29, 1.82) is 0 Å². The summed E-state index contributed by atoms with van der Waals surface area (Å²) in [7, 11) is 1.82. The maximum atomic E-state index is 13.0. The van der Waals surface area contributed by atoms with Gasteiger partial charge in [-0.1, -0.05) is 24.3 Å². The van der Waals surface area contributed by atoms with E-state index in [1.165, 1.54) is 4.31 Å². The first-order chi connectivity index (χ1) is 18.8. The van der Waals surface area contributed by atoms with Crippen LogP contribution in [0.4, 0.5) is 0 Å². The Labute approximate surface area is 229 Å². The molecule has 2 fully saturated rings. The molecule has 0 bridgehead atoms. The predicted molar refractivity (Wildman–Crippen MR) is 146 cm³/mol. The van der Waals surface area contributed by atoms with Crippen LogP contribution in [-0.4, -0.2) is 73.6 Å². The SMILES string of the molecule is COc1c(CNC(=O)c2cc(C3CC3)nn2C)cccc1OCc1ccc(S(=O)(=O)N2CCN(C)CC2)cc1. The number of amides is 1. The van der Waals surface area contributed by atoms with Gasteiger partial charge in [0.15, 0.2) is 11.5 Å². The number of nitrogens with zero attached hydrogens (tertiary/aromatic N) is 4. The molecule has 1 amide bonds. The first-order valence-electron chi connectivity index (χ1n) is 13.1. The van der Waals surface area contributed by atoms with Crippen LogP contribution in [0.2, 0.25) is 0 Å². The molecule has 1 aliphatic heterocycles. The lowest BCUT2D eigenvalue weighted by molar-refractivity contribution is 0.0941. The Morgan fingerprint density at radius 3 is 2.44 bits per heavy atom. The topological polar surface area (TPSA) is 106 Å². The number of benzene rings is 2. The number of aromatic nitrogens is 2. The van der Waals surface area contributed by atoms with Gasteiger partial charge in [-0.05, 0) is 49.7 Å². The third kappa shape index (κ3) is 6.10. The van der Waals surface area contributed by atoms with Crippen molar-refractivity contribution < 1.29 is 22.7 Å². The summed E-state index contributed by atoms with van der Waals surface area (Å²) >= 11 is 0. The zero-order valence-electron chi connectivity index (χ0n) is 22.6. The van der Waals surface area contributed by atoms with Crippen molar-refractivity contribution in [3.63, 3.8) is 0 Å². The Morgan fingerprint density at radius 2 is 1.77 bits per heavy atom. The number of methoxy groups -OCH3 is 1. The average Bonchev–Trinajstić information content (AvgIpc) is 3.72. The molecule has 0 atom stereocenters. The number of nitrogens with one attached hydrogen (secondary N) is 1. The monoisotopic (exact) mass is 553 g/mol. The fourth-order valence-corrected chi connectivity index (χ4v) is 6.11. The fraction of sp³-hybridized carbons (Fsp3) is 0.429. The zero-order chi connectivity index (χ0) is 27.6. The van der Waals surface area contributed by atoms with Gasteiger partial charge in [-0.15, -0.1) is 0 Å². The average molecular weight is 554 g/mol. The third-order valence-electron chi connectivity index (χ3n) is 7.25. The predicted octanol–water partition coefficient (Wildman–Crippen LogP) is 2.75. The van der Waals surface area contributed by atoms with Gasteiger partial charge in [0.05, 0.1) is 17.7 Å². The van der Waals surface area contributed by atoms with Crippen molar-refractivity contribution in [3.8, 4) is 11.5 Å². The largest absolute Gasteiger partial charge is 0.493 e. The molecule has 2 aliphatic rings. The molecular formula is C28H35N5O5S. The van der Waals surface area contributed by atoms with Crippen LogP contribution in [0.15, 0.2) is 53.4 Å². The summed E-state index contributed by atoms with van der Waals surface area (Å²) < 4.78 is 40.8. The Hall–Kier alpha value is -3.41. The number of hydrogen-bond donors (Lipinski definition) is 1. The second-order valence-electron chi connectivity index (χ2n) is 10.1. The lowest BCUT2D eigenvalue weighted by atomic mass is 10.1. The first kappa shape index (κ1) is 27.2. The van der Waals surface area contributed by atoms with E-state index in [0.717, 1.165) is 42.8 Å². The highest BCUT2D eigenvalue weighted by Gasteiger charge is 2.29. The molecule has 10 nitrogen and oxygen atoms in total. The van der Waals surface area contributed by atoms with Crippen LogP contribution in [-0.2, 0) is 30.2 Å². The van der Waals surface area contributed by atoms with Crippen LogP contribution in [0.1, 0.15) is 46.1 Å². The van der Waals surface area contributed by atoms with Crippen LogP contribution in [0.5, 0.6) is 11.5 Å². The number of sulfonamides is 1. The summed E-state index contributed by atoms with van der Waals surface area (Å²) in [5, 5.41) is 7.42. The summed E-state index contributed by atoms with van der Waals surface area (Å²) in [4.78, 5) is 15.2. The van der Waals surface area contributed by atoms with Crippen molar-refractivity contribution in [2.45, 2.75) is 36.8 Å². The second kappa shape index (κ2) is 11.4. The van der Waals surface area contributed by atoms with Crippen molar-refractivity contribution in [1.82, 2.24) is 24.3 Å². The normalized spacial score (nSPS) is 16.7. The highest BCUT2D eigenvalue weighted by molar-refractivity contribution is 7.89. The zero-order valence-corrected chi connectivity index (χ0v) is 23.4. The van der Waals surface area contributed by atoms with Gasteiger partial charge in [-0.3, -0.25) is 9.48 Å². The molecule has 11 heteroatoms. The number of hydrogen-bond acceptors (Lipinski definition) is 7. The molecule has 2 aromatic carbocycles. The van der Waals surface area contributed by atoms with Gasteiger partial charge in [-0.25, -0.2) is 8.42 Å². The van der Waals surface area contributed by atoms with E-state index in [2.05, 4.69) is 15.3 Å². The molecule has 0 spiro atoms. The smallest absolute Gasteiger partial charge is 0.269 e. The van der Waals surface area contributed by atoms with E-state index in [1.54, 1.807) is 49.2 Å². The molecule has 0 radical (unpaired) electrons. The van der Waals surface area contributed by atoms with Gasteiger partial charge in [0.25, 0.3) is 5.91 Å². The molecule has 5 rings (SSSR count). The van der Waals surface area contributed by atoms with Crippen LogP contribution >= 0.6 is 0 Å². The summed E-state index contributed by atoms with van der Waals surface area (Å²) in [6.07, 6.45) is 2.25. The summed E-state index contributed by atoms with van der Waals surface area (Å²) in [5.74, 6) is 1.35. The molecule has 39 heavy (non-hydrogen) atoms. The van der Waals surface area contributed by atoms with E-state index in [-0.39, 0.29) is 24.0 Å². The molecule has 1 aliphatic carbocycles. The van der Waals surface area contributed by atoms with E-state index in [4.69, 9.17) is 9.47 Å². The van der Waals surface area contributed by atoms with Crippen molar-refractivity contribution in [3.05, 3.63) is 71.0 Å². The molecule has 1 N–H and O–H groups in total. The standard InChI is InChI=1S/C28H35N5O5S/c1-31-13-15-33(16-14-31)39(35,36)23-11-7-20(8-12-23)19-38-26-6-4-5-22(27(26)37-3)18-29-28(34)25-17-24(21-9-10-21)30-32(25)2/h4-8,11-12,17,21H,9-10,13-16,18-19H2,1-3H3,(H,29,34). The van der Waals surface area contributed by atoms with Crippen molar-refractivity contribution in [2.24, 2.45) is 7.05 Å². The van der Waals surface area contributed by atoms with Gasteiger partial charge >= 0.3 is 0 Å². The van der Waals surface area contributed by atoms with Crippen molar-refractivity contribution >= 4 is 15.9 Å². The third-order valence-corrected chi connectivity index (χ3v) is 9.16. The number of aryl methyl sites for hydroxylation is 1. The maximum absolute atomic E-state index is 13.0. The Bertz CT molecular complexity index is 1430. The van der Waals surface area contributed by atoms with Gasteiger partial charge in [-0.2, -0.15) is 9.40 Å². The van der Waals surface area contributed by atoms with E-state index in [1.807, 2.05) is 25.2 Å². The molecule has 208 valence electrons. The molecule has 0 unspecified atom stereocenters.